The Morgan fingerprint density at radius 2 is 2.05 bits per heavy atom. The maximum absolute atomic E-state index is 13.2. The van der Waals surface area contributed by atoms with Crippen molar-refractivity contribution >= 4 is 17.3 Å². The van der Waals surface area contributed by atoms with Gasteiger partial charge in [0.05, 0.1) is 10.6 Å². The Morgan fingerprint density at radius 1 is 1.24 bits per heavy atom. The number of nitro groups is 1. The SMILES string of the molecule is O=C1Nc2cc([N+](=O)[O-])ccc2OC1c1cccc(F)c1. The van der Waals surface area contributed by atoms with Crippen molar-refractivity contribution in [2.45, 2.75) is 6.10 Å². The number of amides is 1. The van der Waals surface area contributed by atoms with Gasteiger partial charge in [-0.25, -0.2) is 4.39 Å². The molecular formula is C14H9FN2O4. The zero-order chi connectivity index (χ0) is 15.0. The van der Waals surface area contributed by atoms with Crippen LogP contribution < -0.4 is 10.1 Å². The number of nitro benzene ring substituents is 1. The van der Waals surface area contributed by atoms with E-state index in [9.17, 15) is 19.3 Å². The highest BCUT2D eigenvalue weighted by molar-refractivity contribution is 5.98. The Kier molecular flexibility index (Phi) is 3.02. The number of hydrogen-bond acceptors (Lipinski definition) is 4. The van der Waals surface area contributed by atoms with Crippen LogP contribution in [0.3, 0.4) is 0 Å². The molecule has 1 heterocycles. The van der Waals surface area contributed by atoms with E-state index < -0.39 is 22.8 Å². The average molecular weight is 288 g/mol. The van der Waals surface area contributed by atoms with E-state index in [0.717, 1.165) is 0 Å². The van der Waals surface area contributed by atoms with Crippen LogP contribution in [0.5, 0.6) is 5.75 Å². The normalized spacial score (nSPS) is 16.6. The van der Waals surface area contributed by atoms with Crippen molar-refractivity contribution in [3.05, 3.63) is 64.0 Å². The minimum absolute atomic E-state index is 0.151. The molecule has 1 aliphatic rings. The molecule has 0 aromatic heterocycles. The molecule has 1 N–H and O–H groups in total. The van der Waals surface area contributed by atoms with Gasteiger partial charge < -0.3 is 10.1 Å². The Labute approximate surface area is 118 Å². The van der Waals surface area contributed by atoms with Gasteiger partial charge in [-0.1, -0.05) is 12.1 Å². The second kappa shape index (κ2) is 4.86. The highest BCUT2D eigenvalue weighted by atomic mass is 19.1. The summed E-state index contributed by atoms with van der Waals surface area (Å²) >= 11 is 0. The van der Waals surface area contributed by atoms with Crippen LogP contribution in [0.4, 0.5) is 15.8 Å². The Bertz CT molecular complexity index is 748. The molecular weight excluding hydrogens is 279 g/mol. The van der Waals surface area contributed by atoms with E-state index in [4.69, 9.17) is 4.74 Å². The molecule has 0 saturated carbocycles. The molecule has 2 aromatic rings. The third-order valence-electron chi connectivity index (χ3n) is 3.07. The van der Waals surface area contributed by atoms with Gasteiger partial charge in [0.2, 0.25) is 6.10 Å². The molecule has 21 heavy (non-hydrogen) atoms. The second-order valence-electron chi connectivity index (χ2n) is 4.48. The lowest BCUT2D eigenvalue weighted by Gasteiger charge is -2.25. The van der Waals surface area contributed by atoms with Gasteiger partial charge in [0.15, 0.2) is 0 Å². The molecule has 7 heteroatoms. The lowest BCUT2D eigenvalue weighted by atomic mass is 10.1. The standard InChI is InChI=1S/C14H9FN2O4/c15-9-3-1-2-8(6-9)13-14(18)16-11-7-10(17(19)20)4-5-12(11)21-13/h1-7,13H,(H,16,18). The van der Waals surface area contributed by atoms with E-state index in [2.05, 4.69) is 5.32 Å². The van der Waals surface area contributed by atoms with Crippen molar-refractivity contribution in [1.82, 2.24) is 0 Å². The summed E-state index contributed by atoms with van der Waals surface area (Å²) in [7, 11) is 0. The van der Waals surface area contributed by atoms with E-state index in [-0.39, 0.29) is 11.4 Å². The van der Waals surface area contributed by atoms with Crippen LogP contribution in [0.15, 0.2) is 42.5 Å². The third kappa shape index (κ3) is 2.40. The van der Waals surface area contributed by atoms with Gasteiger partial charge >= 0.3 is 0 Å². The fraction of sp³-hybridized carbons (Fsp3) is 0.0714. The molecule has 1 aliphatic heterocycles. The summed E-state index contributed by atoms with van der Waals surface area (Å²) in [6.45, 7) is 0. The molecule has 3 rings (SSSR count). The number of carbonyl (C=O) groups excluding carboxylic acids is 1. The number of benzene rings is 2. The summed E-state index contributed by atoms with van der Waals surface area (Å²) < 4.78 is 18.7. The summed E-state index contributed by atoms with van der Waals surface area (Å²) in [4.78, 5) is 22.2. The zero-order valence-electron chi connectivity index (χ0n) is 10.6. The van der Waals surface area contributed by atoms with E-state index in [0.29, 0.717) is 11.3 Å². The van der Waals surface area contributed by atoms with Crippen molar-refractivity contribution < 1.29 is 18.8 Å². The van der Waals surface area contributed by atoms with Crippen molar-refractivity contribution in [2.24, 2.45) is 0 Å². The number of nitrogens with zero attached hydrogens (tertiary/aromatic N) is 1. The first-order valence-electron chi connectivity index (χ1n) is 6.06. The van der Waals surface area contributed by atoms with Crippen molar-refractivity contribution in [3.8, 4) is 5.75 Å². The molecule has 6 nitrogen and oxygen atoms in total. The van der Waals surface area contributed by atoms with Gasteiger partial charge in [0.1, 0.15) is 11.6 Å². The van der Waals surface area contributed by atoms with Crippen molar-refractivity contribution in [1.29, 1.82) is 0 Å². The van der Waals surface area contributed by atoms with Crippen molar-refractivity contribution in [3.63, 3.8) is 0 Å². The van der Waals surface area contributed by atoms with Gasteiger partial charge in [-0.15, -0.1) is 0 Å². The summed E-state index contributed by atoms with van der Waals surface area (Å²) in [5.74, 6) is -0.679. The predicted molar refractivity (Wildman–Crippen MR) is 71.5 cm³/mol. The molecule has 0 fully saturated rings. The summed E-state index contributed by atoms with van der Waals surface area (Å²) in [5, 5.41) is 13.2. The fourth-order valence-corrected chi connectivity index (χ4v) is 2.10. The second-order valence-corrected chi connectivity index (χ2v) is 4.48. The first-order valence-corrected chi connectivity index (χ1v) is 6.06. The highest BCUT2D eigenvalue weighted by Gasteiger charge is 2.30. The van der Waals surface area contributed by atoms with Crippen LogP contribution in [0, 0.1) is 15.9 Å². The molecule has 1 unspecified atom stereocenters. The summed E-state index contributed by atoms with van der Waals surface area (Å²) in [6.07, 6.45) is -0.991. The van der Waals surface area contributed by atoms with E-state index in [1.165, 1.54) is 36.4 Å². The number of hydrogen-bond donors (Lipinski definition) is 1. The van der Waals surface area contributed by atoms with E-state index in [1.54, 1.807) is 6.07 Å². The first kappa shape index (κ1) is 13.0. The van der Waals surface area contributed by atoms with Crippen LogP contribution in [0.2, 0.25) is 0 Å². The van der Waals surface area contributed by atoms with Crippen LogP contribution >= 0.6 is 0 Å². The molecule has 1 amide bonds. The largest absolute Gasteiger partial charge is 0.474 e. The molecule has 0 saturated heterocycles. The van der Waals surface area contributed by atoms with Gasteiger partial charge in [-0.05, 0) is 18.2 Å². The number of carbonyl (C=O) groups is 1. The van der Waals surface area contributed by atoms with Crippen LogP contribution in [-0.2, 0) is 4.79 Å². The number of ether oxygens (including phenoxy) is 1. The molecule has 0 radical (unpaired) electrons. The minimum Gasteiger partial charge on any atom is -0.474 e. The minimum atomic E-state index is -0.991. The number of anilines is 1. The Morgan fingerprint density at radius 3 is 2.76 bits per heavy atom. The number of halogens is 1. The van der Waals surface area contributed by atoms with Crippen LogP contribution in [0.1, 0.15) is 11.7 Å². The topological polar surface area (TPSA) is 81.5 Å². The van der Waals surface area contributed by atoms with E-state index in [1.807, 2.05) is 0 Å². The summed E-state index contributed by atoms with van der Waals surface area (Å²) in [5.41, 5.74) is 0.445. The van der Waals surface area contributed by atoms with Gasteiger partial charge in [0, 0.05) is 17.7 Å². The molecule has 0 aliphatic carbocycles. The fourth-order valence-electron chi connectivity index (χ4n) is 2.10. The van der Waals surface area contributed by atoms with Crippen molar-refractivity contribution in [2.75, 3.05) is 5.32 Å². The van der Waals surface area contributed by atoms with Crippen LogP contribution in [-0.4, -0.2) is 10.8 Å². The monoisotopic (exact) mass is 288 g/mol. The molecule has 0 bridgehead atoms. The van der Waals surface area contributed by atoms with Gasteiger partial charge in [-0.2, -0.15) is 0 Å². The number of nitrogens with one attached hydrogen (secondary N) is 1. The van der Waals surface area contributed by atoms with Gasteiger partial charge in [-0.3, -0.25) is 14.9 Å². The quantitative estimate of drug-likeness (QED) is 0.680. The summed E-state index contributed by atoms with van der Waals surface area (Å²) in [6, 6.07) is 9.42. The lowest BCUT2D eigenvalue weighted by Crippen LogP contribution is -2.30. The van der Waals surface area contributed by atoms with Crippen LogP contribution in [0.25, 0.3) is 0 Å². The molecule has 0 spiro atoms. The smallest absolute Gasteiger partial charge is 0.271 e. The third-order valence-corrected chi connectivity index (χ3v) is 3.07. The maximum Gasteiger partial charge on any atom is 0.271 e. The Balaban J connectivity index is 1.96. The number of rotatable bonds is 2. The number of non-ortho nitro benzene ring substituents is 1. The molecule has 1 atom stereocenters. The molecule has 106 valence electrons. The van der Waals surface area contributed by atoms with E-state index >= 15 is 0 Å². The molecule has 2 aromatic carbocycles. The lowest BCUT2D eigenvalue weighted by molar-refractivity contribution is -0.384. The van der Waals surface area contributed by atoms with Gasteiger partial charge in [0.25, 0.3) is 11.6 Å². The first-order chi connectivity index (χ1) is 10.0. The number of fused-ring (bicyclic) bond motifs is 1. The predicted octanol–water partition coefficient (Wildman–Crippen LogP) is 2.81. The maximum atomic E-state index is 13.2. The Hall–Kier alpha value is -2.96. The highest BCUT2D eigenvalue weighted by Crippen LogP contribution is 2.37. The average Bonchev–Trinajstić information content (AvgIpc) is 2.45. The zero-order valence-corrected chi connectivity index (χ0v) is 10.6.